The van der Waals surface area contributed by atoms with Crippen molar-refractivity contribution in [2.24, 2.45) is 29.0 Å². The van der Waals surface area contributed by atoms with Gasteiger partial charge in [-0.2, -0.15) is 25.3 Å². The zero-order valence-corrected chi connectivity index (χ0v) is 28.5. The molecule has 6 unspecified atom stereocenters. The number of hydrogen-bond acceptors (Lipinski definition) is 13. The van der Waals surface area contributed by atoms with Gasteiger partial charge in [-0.15, -0.1) is 0 Å². The molecular weight excluding hydrogens is 642 g/mol. The number of ketones is 4. The number of carbonyl (C=O) groups excluding carboxylic acids is 6. The minimum absolute atomic E-state index is 0.0181. The summed E-state index contributed by atoms with van der Waals surface area (Å²) in [5, 5.41) is 22.4. The molecule has 2 amide bonds. The molecule has 264 valence electrons. The van der Waals surface area contributed by atoms with Crippen LogP contribution in [0.15, 0.2) is 0 Å². The normalized spacial score (nSPS) is 14.6. The number of rotatable bonds is 24. The van der Waals surface area contributed by atoms with Crippen molar-refractivity contribution in [1.29, 1.82) is 0 Å². The summed E-state index contributed by atoms with van der Waals surface area (Å²) in [5.74, 6) is -5.10. The van der Waals surface area contributed by atoms with Crippen molar-refractivity contribution in [3.8, 4) is 0 Å². The number of carbonyl (C=O) groups is 8. The Morgan fingerprint density at radius 3 is 1.61 bits per heavy atom. The SMILES string of the molecule is CC(=O)C(CCCCN)NC(=O)C(CS)CC(=O)C(N)CCC(=O)O.CC(=O)C(CS)CC(=O)C(CCC(=O)O)NC(=O)C(C)N. The minimum atomic E-state index is -1.07. The zero-order valence-electron chi connectivity index (χ0n) is 26.7. The molecule has 0 aliphatic carbocycles. The summed E-state index contributed by atoms with van der Waals surface area (Å²) in [7, 11) is 0. The standard InChI is InChI=1S/C16H29N3O5S.C13H22N2O5S/c1-10(20)13(4-2-3-7-17)19-16(24)11(9-25)8-14(21)12(18)5-6-15(22)23;1-7(14)13(20)15-10(3-4-12(18)19)11(17)5-9(6-21)8(2)16/h11-13,25H,2-9,17-18H2,1H3,(H,19,24)(H,22,23);7,9-10,21H,3-6,14H2,1-2H3,(H,15,20)(H,18,19). The van der Waals surface area contributed by atoms with Crippen LogP contribution in [0.1, 0.15) is 78.6 Å². The number of thiol groups is 2. The van der Waals surface area contributed by atoms with Gasteiger partial charge < -0.3 is 38.0 Å². The molecule has 0 aromatic heterocycles. The van der Waals surface area contributed by atoms with E-state index in [1.165, 1.54) is 20.8 Å². The van der Waals surface area contributed by atoms with Gasteiger partial charge >= 0.3 is 11.9 Å². The number of Topliss-reactive ketones (excluding diaryl/α,β-unsaturated/α-hetero) is 4. The first kappa shape index (κ1) is 45.3. The van der Waals surface area contributed by atoms with Crippen molar-refractivity contribution in [3.63, 3.8) is 0 Å². The van der Waals surface area contributed by atoms with E-state index in [-0.39, 0.29) is 67.4 Å². The fourth-order valence-corrected chi connectivity index (χ4v) is 4.52. The molecular formula is C29H51N5O10S2. The average molecular weight is 694 g/mol. The number of carboxylic acid groups (broad SMARTS) is 2. The van der Waals surface area contributed by atoms with E-state index >= 15 is 0 Å². The first-order chi connectivity index (χ1) is 21.4. The lowest BCUT2D eigenvalue weighted by atomic mass is 9.94. The lowest BCUT2D eigenvalue weighted by Crippen LogP contribution is -2.48. The quantitative estimate of drug-likeness (QED) is 0.0463. The van der Waals surface area contributed by atoms with Crippen molar-refractivity contribution in [2.75, 3.05) is 18.1 Å². The highest BCUT2D eigenvalue weighted by atomic mass is 32.1. The van der Waals surface area contributed by atoms with Gasteiger partial charge in [0, 0.05) is 43.1 Å². The predicted octanol–water partition coefficient (Wildman–Crippen LogP) is -0.336. The van der Waals surface area contributed by atoms with Crippen LogP contribution in [0.5, 0.6) is 0 Å². The maximum Gasteiger partial charge on any atom is 0.303 e. The first-order valence-corrected chi connectivity index (χ1v) is 16.2. The Morgan fingerprint density at radius 1 is 0.674 bits per heavy atom. The van der Waals surface area contributed by atoms with Gasteiger partial charge in [-0.05, 0) is 59.4 Å². The van der Waals surface area contributed by atoms with Crippen LogP contribution in [-0.4, -0.2) is 99.3 Å². The highest BCUT2D eigenvalue weighted by molar-refractivity contribution is 7.80. The number of nitrogens with two attached hydrogens (primary N) is 3. The van der Waals surface area contributed by atoms with Gasteiger partial charge in [-0.25, -0.2) is 0 Å². The lowest BCUT2D eigenvalue weighted by Gasteiger charge is -2.21. The zero-order chi connectivity index (χ0) is 36.0. The van der Waals surface area contributed by atoms with Crippen LogP contribution in [0.2, 0.25) is 0 Å². The van der Waals surface area contributed by atoms with Crippen LogP contribution >= 0.6 is 25.3 Å². The van der Waals surface area contributed by atoms with E-state index < -0.39 is 65.5 Å². The second kappa shape index (κ2) is 25.3. The molecule has 0 aromatic carbocycles. The fraction of sp³-hybridized carbons (Fsp3) is 0.724. The average Bonchev–Trinajstić information content (AvgIpc) is 2.98. The Morgan fingerprint density at radius 2 is 1.17 bits per heavy atom. The first-order valence-electron chi connectivity index (χ1n) is 14.9. The smallest absolute Gasteiger partial charge is 0.303 e. The van der Waals surface area contributed by atoms with Gasteiger partial charge in [-0.3, -0.25) is 38.4 Å². The topological polar surface area (TPSA) is 279 Å². The van der Waals surface area contributed by atoms with Crippen LogP contribution in [0.4, 0.5) is 0 Å². The second-order valence-corrected chi connectivity index (χ2v) is 11.7. The number of amides is 2. The van der Waals surface area contributed by atoms with Crippen LogP contribution < -0.4 is 27.8 Å². The highest BCUT2D eigenvalue weighted by Crippen LogP contribution is 2.13. The van der Waals surface area contributed by atoms with Gasteiger partial charge in [0.15, 0.2) is 11.6 Å². The monoisotopic (exact) mass is 693 g/mol. The summed E-state index contributed by atoms with van der Waals surface area (Å²) < 4.78 is 0. The maximum atomic E-state index is 12.3. The Balaban J connectivity index is 0. The van der Waals surface area contributed by atoms with Crippen LogP contribution in [0.3, 0.4) is 0 Å². The molecule has 0 rings (SSSR count). The summed E-state index contributed by atoms with van der Waals surface area (Å²) in [6.45, 7) is 4.73. The Labute approximate surface area is 280 Å². The minimum Gasteiger partial charge on any atom is -0.481 e. The van der Waals surface area contributed by atoms with Crippen molar-refractivity contribution >= 4 is 72.1 Å². The van der Waals surface area contributed by atoms with Gasteiger partial charge in [0.25, 0.3) is 0 Å². The molecule has 0 saturated heterocycles. The highest BCUT2D eigenvalue weighted by Gasteiger charge is 2.28. The van der Waals surface area contributed by atoms with E-state index in [1.54, 1.807) is 0 Å². The molecule has 15 nitrogen and oxygen atoms in total. The lowest BCUT2D eigenvalue weighted by molar-refractivity contribution is -0.138. The third-order valence-corrected chi connectivity index (χ3v) is 7.77. The predicted molar refractivity (Wildman–Crippen MR) is 177 cm³/mol. The van der Waals surface area contributed by atoms with Crippen molar-refractivity contribution < 1.29 is 48.6 Å². The molecule has 0 aromatic rings. The number of nitrogens with one attached hydrogen (secondary N) is 2. The molecule has 0 aliphatic heterocycles. The molecule has 17 heteroatoms. The molecule has 46 heavy (non-hydrogen) atoms. The van der Waals surface area contributed by atoms with Crippen LogP contribution in [-0.2, 0) is 38.4 Å². The number of unbranched alkanes of at least 4 members (excludes halogenated alkanes) is 1. The summed E-state index contributed by atoms with van der Waals surface area (Å²) in [4.78, 5) is 92.2. The third kappa shape index (κ3) is 21.0. The molecule has 0 saturated carbocycles. The van der Waals surface area contributed by atoms with E-state index in [9.17, 15) is 38.4 Å². The summed E-state index contributed by atoms with van der Waals surface area (Å²) in [6, 6.07) is -3.31. The molecule has 0 bridgehead atoms. The van der Waals surface area contributed by atoms with Gasteiger partial charge in [0.1, 0.15) is 11.6 Å². The van der Waals surface area contributed by atoms with Crippen LogP contribution in [0.25, 0.3) is 0 Å². The van der Waals surface area contributed by atoms with Gasteiger partial charge in [0.2, 0.25) is 11.8 Å². The van der Waals surface area contributed by atoms with Gasteiger partial charge in [0.05, 0.1) is 30.1 Å². The number of aliphatic carboxylic acids is 2. The molecule has 10 N–H and O–H groups in total. The van der Waals surface area contributed by atoms with Crippen molar-refractivity contribution in [1.82, 2.24) is 10.6 Å². The van der Waals surface area contributed by atoms with E-state index in [2.05, 4.69) is 35.9 Å². The number of hydrogen-bond donors (Lipinski definition) is 9. The second-order valence-electron chi connectivity index (χ2n) is 11.0. The molecule has 6 atom stereocenters. The fourth-order valence-electron chi connectivity index (χ4n) is 3.84. The molecule has 0 aliphatic rings. The Kier molecular flexibility index (Phi) is 24.9. The molecule has 0 spiro atoms. The van der Waals surface area contributed by atoms with Crippen molar-refractivity contribution in [3.05, 3.63) is 0 Å². The van der Waals surface area contributed by atoms with E-state index in [4.69, 9.17) is 27.4 Å². The Bertz CT molecular complexity index is 1040. The van der Waals surface area contributed by atoms with E-state index in [1.807, 2.05) is 0 Å². The molecule has 0 heterocycles. The summed E-state index contributed by atoms with van der Waals surface area (Å²) in [5.41, 5.74) is 16.5. The van der Waals surface area contributed by atoms with E-state index in [0.29, 0.717) is 19.4 Å². The largest absolute Gasteiger partial charge is 0.481 e. The maximum absolute atomic E-state index is 12.3. The summed E-state index contributed by atoms with van der Waals surface area (Å²) in [6.07, 6.45) is 1.25. The number of carboxylic acids is 2. The molecule has 0 radical (unpaired) electrons. The van der Waals surface area contributed by atoms with Crippen molar-refractivity contribution in [2.45, 2.75) is 103 Å². The summed E-state index contributed by atoms with van der Waals surface area (Å²) >= 11 is 8.10. The van der Waals surface area contributed by atoms with E-state index in [0.717, 1.165) is 6.42 Å². The molecule has 0 fully saturated rings. The third-order valence-electron chi connectivity index (χ3n) is 6.88. The van der Waals surface area contributed by atoms with Crippen LogP contribution in [0, 0.1) is 11.8 Å². The Hall–Kier alpha value is -2.86. The van der Waals surface area contributed by atoms with Gasteiger partial charge in [-0.1, -0.05) is 0 Å².